The molecular formula is C14H15N. The van der Waals surface area contributed by atoms with Gasteiger partial charge in [-0.1, -0.05) is 43.3 Å². The molecule has 76 valence electrons. The van der Waals surface area contributed by atoms with E-state index in [0.29, 0.717) is 5.92 Å². The molecule has 0 aliphatic carbocycles. The zero-order chi connectivity index (χ0) is 10.5. The van der Waals surface area contributed by atoms with Gasteiger partial charge in [0.25, 0.3) is 0 Å². The minimum atomic E-state index is 0.551. The maximum Gasteiger partial charge on any atom is 0.0300 e. The van der Waals surface area contributed by atoms with Crippen molar-refractivity contribution in [2.24, 2.45) is 0 Å². The molecule has 0 bridgehead atoms. The summed E-state index contributed by atoms with van der Waals surface area (Å²) in [7, 11) is 0. The van der Waals surface area contributed by atoms with Crippen molar-refractivity contribution in [2.75, 3.05) is 0 Å². The lowest BCUT2D eigenvalue weighted by molar-refractivity contribution is 0.756. The van der Waals surface area contributed by atoms with Gasteiger partial charge in [-0.2, -0.15) is 0 Å². The van der Waals surface area contributed by atoms with Gasteiger partial charge < -0.3 is 0 Å². The molecule has 0 amide bonds. The van der Waals surface area contributed by atoms with Crippen molar-refractivity contribution in [3.05, 3.63) is 66.0 Å². The fourth-order valence-electron chi connectivity index (χ4n) is 1.77. The Morgan fingerprint density at radius 3 is 2.53 bits per heavy atom. The van der Waals surface area contributed by atoms with Gasteiger partial charge in [-0.05, 0) is 29.5 Å². The molecule has 1 aromatic heterocycles. The number of hydrogen-bond donors (Lipinski definition) is 0. The average molecular weight is 197 g/mol. The summed E-state index contributed by atoms with van der Waals surface area (Å²) in [6, 6.07) is 14.7. The second-order valence-corrected chi connectivity index (χ2v) is 3.88. The molecule has 2 aromatic rings. The number of nitrogens with zero attached hydrogens (tertiary/aromatic N) is 1. The molecule has 0 spiro atoms. The third-order valence-electron chi connectivity index (χ3n) is 2.63. The van der Waals surface area contributed by atoms with E-state index in [1.54, 1.807) is 0 Å². The highest BCUT2D eigenvalue weighted by molar-refractivity contribution is 5.22. The molecule has 1 aromatic carbocycles. The van der Waals surface area contributed by atoms with E-state index < -0.39 is 0 Å². The van der Waals surface area contributed by atoms with Crippen LogP contribution in [0.2, 0.25) is 0 Å². The molecule has 0 radical (unpaired) electrons. The third-order valence-corrected chi connectivity index (χ3v) is 2.63. The Labute approximate surface area is 90.8 Å². The average Bonchev–Trinajstić information content (AvgIpc) is 2.31. The van der Waals surface area contributed by atoms with E-state index in [-0.39, 0.29) is 0 Å². The van der Waals surface area contributed by atoms with Gasteiger partial charge in [-0.25, -0.2) is 0 Å². The Hall–Kier alpha value is -1.63. The van der Waals surface area contributed by atoms with Crippen LogP contribution in [0.25, 0.3) is 0 Å². The van der Waals surface area contributed by atoms with Gasteiger partial charge in [0.05, 0.1) is 0 Å². The molecule has 2 rings (SSSR count). The molecule has 0 aliphatic heterocycles. The van der Waals surface area contributed by atoms with Crippen molar-refractivity contribution < 1.29 is 0 Å². The zero-order valence-electron chi connectivity index (χ0n) is 8.93. The fraction of sp³-hybridized carbons (Fsp3) is 0.214. The predicted octanol–water partition coefficient (Wildman–Crippen LogP) is 3.43. The first kappa shape index (κ1) is 9.91. The van der Waals surface area contributed by atoms with Gasteiger partial charge in [0, 0.05) is 12.4 Å². The molecule has 1 unspecified atom stereocenters. The molecule has 0 saturated carbocycles. The second kappa shape index (κ2) is 4.74. The van der Waals surface area contributed by atoms with Crippen molar-refractivity contribution in [3.63, 3.8) is 0 Å². The normalized spacial score (nSPS) is 12.3. The smallest absolute Gasteiger partial charge is 0.0300 e. The Bertz CT molecular complexity index is 394. The Morgan fingerprint density at radius 1 is 1.07 bits per heavy atom. The van der Waals surface area contributed by atoms with Crippen molar-refractivity contribution in [1.29, 1.82) is 0 Å². The predicted molar refractivity (Wildman–Crippen MR) is 62.8 cm³/mol. The zero-order valence-corrected chi connectivity index (χ0v) is 8.93. The molecule has 0 fully saturated rings. The lowest BCUT2D eigenvalue weighted by Gasteiger charge is -2.11. The van der Waals surface area contributed by atoms with Crippen LogP contribution in [0.4, 0.5) is 0 Å². The van der Waals surface area contributed by atoms with Gasteiger partial charge in [0.15, 0.2) is 0 Å². The molecular weight excluding hydrogens is 182 g/mol. The van der Waals surface area contributed by atoms with Gasteiger partial charge in [0.2, 0.25) is 0 Å². The summed E-state index contributed by atoms with van der Waals surface area (Å²) in [5.74, 6) is 0.551. The summed E-state index contributed by atoms with van der Waals surface area (Å²) in [4.78, 5) is 4.13. The third kappa shape index (κ3) is 2.66. The summed E-state index contributed by atoms with van der Waals surface area (Å²) in [5, 5.41) is 0. The van der Waals surface area contributed by atoms with Crippen LogP contribution in [0, 0.1) is 0 Å². The molecule has 1 atom stereocenters. The first-order valence-corrected chi connectivity index (χ1v) is 5.30. The van der Waals surface area contributed by atoms with Crippen LogP contribution in [0.1, 0.15) is 24.0 Å². The van der Waals surface area contributed by atoms with Crippen molar-refractivity contribution >= 4 is 0 Å². The first-order valence-electron chi connectivity index (χ1n) is 5.30. The van der Waals surface area contributed by atoms with E-state index in [4.69, 9.17) is 0 Å². The highest BCUT2D eigenvalue weighted by Gasteiger charge is 2.05. The van der Waals surface area contributed by atoms with Gasteiger partial charge in [0.1, 0.15) is 0 Å². The maximum atomic E-state index is 4.13. The standard InChI is InChI=1S/C14H15N/c1-12(14-7-3-2-4-8-14)10-13-6-5-9-15-11-13/h2-9,11-12H,10H2,1H3. The topological polar surface area (TPSA) is 12.9 Å². The molecule has 15 heavy (non-hydrogen) atoms. The number of rotatable bonds is 3. The summed E-state index contributed by atoms with van der Waals surface area (Å²) >= 11 is 0. The number of pyridine rings is 1. The number of benzene rings is 1. The van der Waals surface area contributed by atoms with Gasteiger partial charge in [-0.3, -0.25) is 4.98 Å². The summed E-state index contributed by atoms with van der Waals surface area (Å²) in [5.41, 5.74) is 2.69. The van der Waals surface area contributed by atoms with Crippen molar-refractivity contribution in [3.8, 4) is 0 Å². The quantitative estimate of drug-likeness (QED) is 0.734. The molecule has 0 saturated heterocycles. The maximum absolute atomic E-state index is 4.13. The van der Waals surface area contributed by atoms with Crippen LogP contribution < -0.4 is 0 Å². The second-order valence-electron chi connectivity index (χ2n) is 3.88. The highest BCUT2D eigenvalue weighted by Crippen LogP contribution is 2.19. The van der Waals surface area contributed by atoms with Gasteiger partial charge >= 0.3 is 0 Å². The van der Waals surface area contributed by atoms with Crippen LogP contribution in [-0.4, -0.2) is 4.98 Å². The van der Waals surface area contributed by atoms with Crippen molar-refractivity contribution in [1.82, 2.24) is 4.98 Å². The summed E-state index contributed by atoms with van der Waals surface area (Å²) in [6.07, 6.45) is 4.81. The minimum Gasteiger partial charge on any atom is -0.264 e. The van der Waals surface area contributed by atoms with E-state index in [1.165, 1.54) is 11.1 Å². The molecule has 1 heteroatoms. The van der Waals surface area contributed by atoms with E-state index in [9.17, 15) is 0 Å². The monoisotopic (exact) mass is 197 g/mol. The van der Waals surface area contributed by atoms with E-state index in [1.807, 2.05) is 18.5 Å². The van der Waals surface area contributed by atoms with Crippen LogP contribution in [0.3, 0.4) is 0 Å². The highest BCUT2D eigenvalue weighted by atomic mass is 14.6. The SMILES string of the molecule is CC(Cc1cccnc1)c1ccccc1. The largest absolute Gasteiger partial charge is 0.264 e. The van der Waals surface area contributed by atoms with Crippen LogP contribution in [0.5, 0.6) is 0 Å². The number of aromatic nitrogens is 1. The van der Waals surface area contributed by atoms with Crippen LogP contribution >= 0.6 is 0 Å². The summed E-state index contributed by atoms with van der Waals surface area (Å²) < 4.78 is 0. The van der Waals surface area contributed by atoms with E-state index in [0.717, 1.165) is 6.42 Å². The summed E-state index contributed by atoms with van der Waals surface area (Å²) in [6.45, 7) is 2.25. The Kier molecular flexibility index (Phi) is 3.13. The first-order chi connectivity index (χ1) is 7.36. The number of hydrogen-bond acceptors (Lipinski definition) is 1. The van der Waals surface area contributed by atoms with Gasteiger partial charge in [-0.15, -0.1) is 0 Å². The molecule has 0 N–H and O–H groups in total. The van der Waals surface area contributed by atoms with Crippen LogP contribution in [-0.2, 0) is 6.42 Å². The van der Waals surface area contributed by atoms with Crippen molar-refractivity contribution in [2.45, 2.75) is 19.3 Å². The van der Waals surface area contributed by atoms with Crippen LogP contribution in [0.15, 0.2) is 54.9 Å². The Morgan fingerprint density at radius 2 is 1.87 bits per heavy atom. The fourth-order valence-corrected chi connectivity index (χ4v) is 1.77. The molecule has 1 heterocycles. The Balaban J connectivity index is 2.08. The minimum absolute atomic E-state index is 0.551. The van der Waals surface area contributed by atoms with E-state index >= 15 is 0 Å². The van der Waals surface area contributed by atoms with E-state index in [2.05, 4.69) is 48.3 Å². The lowest BCUT2D eigenvalue weighted by atomic mass is 9.95. The molecule has 1 nitrogen and oxygen atoms in total. The lowest BCUT2D eigenvalue weighted by Crippen LogP contribution is -1.98. The molecule has 0 aliphatic rings.